The zero-order valence-corrected chi connectivity index (χ0v) is 16.5. The molecule has 0 saturated carbocycles. The number of carbonyl (C=O) groups excluding carboxylic acids is 1. The maximum atomic E-state index is 12.8. The van der Waals surface area contributed by atoms with Crippen LogP contribution in [0.2, 0.25) is 0 Å². The van der Waals surface area contributed by atoms with Gasteiger partial charge in [0.25, 0.3) is 5.91 Å². The SMILES string of the molecule is O=C(c1ccc(C2SCCS2)cc1)N1CCN(Cc2cccs2)CC1. The lowest BCUT2D eigenvalue weighted by molar-refractivity contribution is 0.0629. The highest BCUT2D eigenvalue weighted by atomic mass is 32.2. The fourth-order valence-corrected chi connectivity index (χ4v) is 6.85. The predicted octanol–water partition coefficient (Wildman–Crippen LogP) is 4.18. The van der Waals surface area contributed by atoms with Crippen LogP contribution < -0.4 is 0 Å². The summed E-state index contributed by atoms with van der Waals surface area (Å²) in [5, 5.41) is 2.13. The van der Waals surface area contributed by atoms with Gasteiger partial charge in [0.15, 0.2) is 0 Å². The Hall–Kier alpha value is -0.950. The molecular formula is C19H22N2OS3. The van der Waals surface area contributed by atoms with Crippen molar-refractivity contribution in [2.24, 2.45) is 0 Å². The standard InChI is InChI=1S/C19H22N2OS3/c22-18(15-3-5-16(6-4-15)19-24-12-13-25-19)21-9-7-20(8-10-21)14-17-2-1-11-23-17/h1-6,11,19H,7-10,12-14H2. The van der Waals surface area contributed by atoms with Gasteiger partial charge in [-0.3, -0.25) is 9.69 Å². The van der Waals surface area contributed by atoms with Crippen LogP contribution in [0.4, 0.5) is 0 Å². The average molecular weight is 391 g/mol. The Bertz CT molecular complexity index is 688. The number of thiophene rings is 1. The fraction of sp³-hybridized carbons (Fsp3) is 0.421. The van der Waals surface area contributed by atoms with E-state index in [2.05, 4.69) is 34.5 Å². The molecule has 0 aliphatic carbocycles. The number of benzene rings is 1. The summed E-state index contributed by atoms with van der Waals surface area (Å²) in [6.45, 7) is 4.56. The van der Waals surface area contributed by atoms with Gasteiger partial charge in [0.05, 0.1) is 4.58 Å². The molecule has 2 aromatic rings. The van der Waals surface area contributed by atoms with Gasteiger partial charge in [0.2, 0.25) is 0 Å². The minimum atomic E-state index is 0.175. The molecule has 132 valence electrons. The Morgan fingerprint density at radius 2 is 1.72 bits per heavy atom. The highest BCUT2D eigenvalue weighted by Gasteiger charge is 2.23. The summed E-state index contributed by atoms with van der Waals surface area (Å²) in [7, 11) is 0. The van der Waals surface area contributed by atoms with Crippen LogP contribution in [0.15, 0.2) is 41.8 Å². The zero-order valence-electron chi connectivity index (χ0n) is 14.1. The molecule has 1 aromatic carbocycles. The van der Waals surface area contributed by atoms with Crippen LogP contribution in [0, 0.1) is 0 Å². The third kappa shape index (κ3) is 4.25. The van der Waals surface area contributed by atoms with E-state index < -0.39 is 0 Å². The molecule has 0 bridgehead atoms. The van der Waals surface area contributed by atoms with Gasteiger partial charge in [0.1, 0.15) is 0 Å². The third-order valence-electron chi connectivity index (χ3n) is 4.67. The van der Waals surface area contributed by atoms with E-state index in [0.29, 0.717) is 4.58 Å². The largest absolute Gasteiger partial charge is 0.336 e. The van der Waals surface area contributed by atoms with Crippen LogP contribution in [0.5, 0.6) is 0 Å². The van der Waals surface area contributed by atoms with Gasteiger partial charge in [-0.15, -0.1) is 34.9 Å². The number of hydrogen-bond acceptors (Lipinski definition) is 5. The summed E-state index contributed by atoms with van der Waals surface area (Å²) in [5.74, 6) is 2.63. The second kappa shape index (κ2) is 8.16. The summed E-state index contributed by atoms with van der Waals surface area (Å²) >= 11 is 5.81. The minimum Gasteiger partial charge on any atom is -0.336 e. The lowest BCUT2D eigenvalue weighted by Crippen LogP contribution is -2.48. The van der Waals surface area contributed by atoms with Gasteiger partial charge in [-0.1, -0.05) is 18.2 Å². The first-order valence-corrected chi connectivity index (χ1v) is 11.6. The lowest BCUT2D eigenvalue weighted by Gasteiger charge is -2.34. The molecule has 1 aromatic heterocycles. The second-order valence-electron chi connectivity index (χ2n) is 6.34. The quantitative estimate of drug-likeness (QED) is 0.781. The molecule has 0 atom stereocenters. The molecule has 0 N–H and O–H groups in total. The van der Waals surface area contributed by atoms with Crippen molar-refractivity contribution in [2.75, 3.05) is 37.7 Å². The highest BCUT2D eigenvalue weighted by molar-refractivity contribution is 8.19. The minimum absolute atomic E-state index is 0.175. The van der Waals surface area contributed by atoms with Gasteiger partial charge in [-0.05, 0) is 29.1 Å². The molecule has 6 heteroatoms. The van der Waals surface area contributed by atoms with Gasteiger partial charge in [-0.25, -0.2) is 0 Å². The van der Waals surface area contributed by atoms with Crippen LogP contribution >= 0.6 is 34.9 Å². The second-order valence-corrected chi connectivity index (χ2v) is 10.1. The molecule has 2 fully saturated rings. The number of carbonyl (C=O) groups is 1. The monoisotopic (exact) mass is 390 g/mol. The summed E-state index contributed by atoms with van der Waals surface area (Å²) in [6.07, 6.45) is 0. The maximum absolute atomic E-state index is 12.8. The lowest BCUT2D eigenvalue weighted by atomic mass is 10.1. The first-order valence-electron chi connectivity index (χ1n) is 8.67. The zero-order chi connectivity index (χ0) is 17.1. The Labute approximate surface area is 161 Å². The van der Waals surface area contributed by atoms with Crippen LogP contribution in [-0.4, -0.2) is 53.4 Å². The Kier molecular flexibility index (Phi) is 5.70. The molecule has 2 aliphatic heterocycles. The topological polar surface area (TPSA) is 23.6 Å². The molecule has 2 saturated heterocycles. The molecule has 1 amide bonds. The van der Waals surface area contributed by atoms with Gasteiger partial charge < -0.3 is 4.90 Å². The number of amides is 1. The first-order chi connectivity index (χ1) is 12.3. The third-order valence-corrected chi connectivity index (χ3v) is 8.64. The van der Waals surface area contributed by atoms with Crippen LogP contribution in [-0.2, 0) is 6.54 Å². The summed E-state index contributed by atoms with van der Waals surface area (Å²) in [6, 6.07) is 12.6. The van der Waals surface area contributed by atoms with Crippen LogP contribution in [0.3, 0.4) is 0 Å². The van der Waals surface area contributed by atoms with Crippen LogP contribution in [0.1, 0.15) is 25.4 Å². The molecule has 2 aliphatic rings. The highest BCUT2D eigenvalue weighted by Crippen LogP contribution is 2.45. The van der Waals surface area contributed by atoms with Crippen molar-refractivity contribution in [1.29, 1.82) is 0 Å². The number of thioether (sulfide) groups is 2. The van der Waals surface area contributed by atoms with Gasteiger partial charge >= 0.3 is 0 Å². The van der Waals surface area contributed by atoms with Gasteiger partial charge in [0, 0.05) is 54.7 Å². The van der Waals surface area contributed by atoms with E-state index >= 15 is 0 Å². The molecule has 3 heterocycles. The van der Waals surface area contributed by atoms with E-state index in [-0.39, 0.29) is 5.91 Å². The maximum Gasteiger partial charge on any atom is 0.253 e. The summed E-state index contributed by atoms with van der Waals surface area (Å²) in [4.78, 5) is 18.6. The van der Waals surface area contributed by atoms with Crippen molar-refractivity contribution in [3.63, 3.8) is 0 Å². The van der Waals surface area contributed by atoms with Crippen molar-refractivity contribution >= 4 is 40.8 Å². The molecule has 25 heavy (non-hydrogen) atoms. The average Bonchev–Trinajstić information content (AvgIpc) is 3.36. The molecule has 0 radical (unpaired) electrons. The van der Waals surface area contributed by atoms with Crippen LogP contribution in [0.25, 0.3) is 0 Å². The van der Waals surface area contributed by atoms with E-state index in [1.165, 1.54) is 21.9 Å². The Balaban J connectivity index is 1.32. The van der Waals surface area contributed by atoms with E-state index in [9.17, 15) is 4.79 Å². The molecule has 0 spiro atoms. The first kappa shape index (κ1) is 17.5. The van der Waals surface area contributed by atoms with Crippen molar-refractivity contribution in [2.45, 2.75) is 11.1 Å². The Morgan fingerprint density at radius 1 is 1.00 bits per heavy atom. The van der Waals surface area contributed by atoms with Crippen molar-refractivity contribution in [1.82, 2.24) is 9.80 Å². The van der Waals surface area contributed by atoms with E-state index in [4.69, 9.17) is 0 Å². The van der Waals surface area contributed by atoms with Gasteiger partial charge in [-0.2, -0.15) is 0 Å². The molecule has 4 rings (SSSR count). The normalized spacial score (nSPS) is 19.4. The fourth-order valence-electron chi connectivity index (χ4n) is 3.25. The smallest absolute Gasteiger partial charge is 0.253 e. The van der Waals surface area contributed by atoms with Crippen molar-refractivity contribution in [3.8, 4) is 0 Å². The predicted molar refractivity (Wildman–Crippen MR) is 110 cm³/mol. The number of nitrogens with zero attached hydrogens (tertiary/aromatic N) is 2. The number of piperazine rings is 1. The molecule has 0 unspecified atom stereocenters. The number of rotatable bonds is 4. The Morgan fingerprint density at radius 3 is 2.36 bits per heavy atom. The molecular weight excluding hydrogens is 368 g/mol. The molecule has 3 nitrogen and oxygen atoms in total. The van der Waals surface area contributed by atoms with Crippen molar-refractivity contribution in [3.05, 3.63) is 57.8 Å². The van der Waals surface area contributed by atoms with E-state index in [0.717, 1.165) is 38.3 Å². The van der Waals surface area contributed by atoms with E-state index in [1.54, 1.807) is 11.3 Å². The number of hydrogen-bond donors (Lipinski definition) is 0. The summed E-state index contributed by atoms with van der Waals surface area (Å²) < 4.78 is 0.546. The van der Waals surface area contributed by atoms with E-state index in [1.807, 2.05) is 40.6 Å². The van der Waals surface area contributed by atoms with Crippen molar-refractivity contribution < 1.29 is 4.79 Å². The summed E-state index contributed by atoms with van der Waals surface area (Å²) in [5.41, 5.74) is 2.16.